The molecule has 5 aromatic rings. The molecule has 5 rings (SSSR count). The topological polar surface area (TPSA) is 119 Å². The maximum Gasteiger partial charge on any atom is 0.224 e. The van der Waals surface area contributed by atoms with E-state index in [4.69, 9.17) is 11.5 Å². The minimum absolute atomic E-state index is 0.0978. The zero-order valence-electron chi connectivity index (χ0n) is 13.8. The van der Waals surface area contributed by atoms with Crippen LogP contribution in [0.2, 0.25) is 0 Å². The second kappa shape index (κ2) is 5.38. The first kappa shape index (κ1) is 14.6. The molecule has 0 fully saturated rings. The number of nitrogen functional groups attached to an aromatic ring is 2. The molecule has 7 heteroatoms. The van der Waals surface area contributed by atoms with Gasteiger partial charge in [-0.25, -0.2) is 9.97 Å². The molecule has 3 heterocycles. The summed E-state index contributed by atoms with van der Waals surface area (Å²) in [6, 6.07) is 14.5. The third kappa shape index (κ3) is 2.21. The van der Waals surface area contributed by atoms with Crippen LogP contribution in [0.15, 0.2) is 48.7 Å². The highest BCUT2D eigenvalue weighted by atomic mass is 15.1. The van der Waals surface area contributed by atoms with Crippen molar-refractivity contribution < 1.29 is 0 Å². The predicted octanol–water partition coefficient (Wildman–Crippen LogP) is 2.81. The lowest BCUT2D eigenvalue weighted by Gasteiger charge is -2.06. The van der Waals surface area contributed by atoms with Gasteiger partial charge >= 0.3 is 0 Å². The lowest BCUT2D eigenvalue weighted by Crippen LogP contribution is -2.04. The Kier molecular flexibility index (Phi) is 3.02. The van der Waals surface area contributed by atoms with E-state index in [0.717, 1.165) is 16.7 Å². The zero-order chi connectivity index (χ0) is 17.7. The molecule has 3 aromatic heterocycles. The van der Waals surface area contributed by atoms with Crippen molar-refractivity contribution in [2.24, 2.45) is 0 Å². The molecule has 0 saturated carbocycles. The van der Waals surface area contributed by atoms with Gasteiger partial charge in [0.25, 0.3) is 0 Å². The SMILES string of the molecule is Nc1nc(N)c2nc(Cc3cccc4[nH]c5ccccc5c34)cnc2n1. The monoisotopic (exact) mass is 341 g/mol. The predicted molar refractivity (Wildman–Crippen MR) is 103 cm³/mol. The molecular weight excluding hydrogens is 326 g/mol. The first-order valence-corrected chi connectivity index (χ1v) is 8.22. The summed E-state index contributed by atoms with van der Waals surface area (Å²) in [6.45, 7) is 0. The van der Waals surface area contributed by atoms with Crippen molar-refractivity contribution in [2.75, 3.05) is 11.5 Å². The Labute approximate surface area is 148 Å². The number of aromatic nitrogens is 5. The molecule has 2 aromatic carbocycles. The van der Waals surface area contributed by atoms with Gasteiger partial charge in [0.05, 0.1) is 11.9 Å². The number of anilines is 2. The molecule has 0 bridgehead atoms. The average Bonchev–Trinajstić information content (AvgIpc) is 3.02. The summed E-state index contributed by atoms with van der Waals surface area (Å²) >= 11 is 0. The molecule has 5 N–H and O–H groups in total. The molecule has 126 valence electrons. The fraction of sp³-hybridized carbons (Fsp3) is 0.0526. The van der Waals surface area contributed by atoms with Crippen LogP contribution < -0.4 is 11.5 Å². The fourth-order valence-electron chi connectivity index (χ4n) is 3.39. The number of H-pyrrole nitrogens is 1. The molecule has 0 saturated heterocycles. The normalized spacial score (nSPS) is 11.5. The largest absolute Gasteiger partial charge is 0.382 e. The van der Waals surface area contributed by atoms with E-state index in [1.807, 2.05) is 18.2 Å². The maximum absolute atomic E-state index is 5.93. The lowest BCUT2D eigenvalue weighted by molar-refractivity contribution is 1.06. The number of nitrogens with zero attached hydrogens (tertiary/aromatic N) is 4. The lowest BCUT2D eigenvalue weighted by atomic mass is 10.0. The van der Waals surface area contributed by atoms with Crippen LogP contribution in [0, 0.1) is 0 Å². The van der Waals surface area contributed by atoms with Gasteiger partial charge in [-0.15, -0.1) is 0 Å². The van der Waals surface area contributed by atoms with Gasteiger partial charge < -0.3 is 16.5 Å². The number of hydrogen-bond donors (Lipinski definition) is 3. The van der Waals surface area contributed by atoms with Gasteiger partial charge in [-0.05, 0) is 17.7 Å². The minimum Gasteiger partial charge on any atom is -0.382 e. The van der Waals surface area contributed by atoms with Crippen LogP contribution in [0.25, 0.3) is 33.0 Å². The van der Waals surface area contributed by atoms with Gasteiger partial charge in [-0.3, -0.25) is 0 Å². The number of nitrogens with one attached hydrogen (secondary N) is 1. The van der Waals surface area contributed by atoms with E-state index in [1.165, 1.54) is 16.3 Å². The molecule has 0 atom stereocenters. The van der Waals surface area contributed by atoms with E-state index in [0.29, 0.717) is 17.6 Å². The number of hydrogen-bond acceptors (Lipinski definition) is 6. The number of rotatable bonds is 2. The first-order valence-electron chi connectivity index (χ1n) is 8.22. The molecule has 7 nitrogen and oxygen atoms in total. The van der Waals surface area contributed by atoms with Crippen LogP contribution in [0.4, 0.5) is 11.8 Å². The highest BCUT2D eigenvalue weighted by Crippen LogP contribution is 2.29. The smallest absolute Gasteiger partial charge is 0.224 e. The maximum atomic E-state index is 5.93. The summed E-state index contributed by atoms with van der Waals surface area (Å²) < 4.78 is 0. The molecule has 0 spiro atoms. The summed E-state index contributed by atoms with van der Waals surface area (Å²) in [5.74, 6) is 0.341. The van der Waals surface area contributed by atoms with Crippen molar-refractivity contribution in [2.45, 2.75) is 6.42 Å². The van der Waals surface area contributed by atoms with E-state index >= 15 is 0 Å². The second-order valence-corrected chi connectivity index (χ2v) is 6.19. The van der Waals surface area contributed by atoms with Crippen molar-refractivity contribution in [3.05, 3.63) is 59.9 Å². The van der Waals surface area contributed by atoms with Gasteiger partial charge in [0, 0.05) is 28.2 Å². The van der Waals surface area contributed by atoms with E-state index in [1.54, 1.807) is 6.20 Å². The third-order valence-corrected chi connectivity index (χ3v) is 4.49. The Balaban J connectivity index is 1.66. The summed E-state index contributed by atoms with van der Waals surface area (Å²) in [7, 11) is 0. The Bertz CT molecular complexity index is 1290. The van der Waals surface area contributed by atoms with E-state index < -0.39 is 0 Å². The first-order chi connectivity index (χ1) is 12.7. The number of fused-ring (bicyclic) bond motifs is 4. The molecule has 0 unspecified atom stereocenters. The molecule has 26 heavy (non-hydrogen) atoms. The quantitative estimate of drug-likeness (QED) is 0.454. The second-order valence-electron chi connectivity index (χ2n) is 6.19. The highest BCUT2D eigenvalue weighted by molar-refractivity contribution is 6.09. The van der Waals surface area contributed by atoms with E-state index in [9.17, 15) is 0 Å². The Morgan fingerprint density at radius 1 is 0.885 bits per heavy atom. The van der Waals surface area contributed by atoms with Crippen LogP contribution >= 0.6 is 0 Å². The van der Waals surface area contributed by atoms with Crippen LogP contribution in [-0.4, -0.2) is 24.9 Å². The number of nitrogens with two attached hydrogens (primary N) is 2. The standard InChI is InChI=1S/C19H15N7/c20-17-16-18(26-19(21)25-17)22-9-11(23-16)8-10-4-3-7-14-15(10)12-5-1-2-6-13(12)24-14/h1-7,9,24H,8H2,(H4,20,21,22,25,26). The molecule has 0 amide bonds. The average molecular weight is 341 g/mol. The van der Waals surface area contributed by atoms with Gasteiger partial charge in [-0.2, -0.15) is 9.97 Å². The van der Waals surface area contributed by atoms with Gasteiger partial charge in [0.1, 0.15) is 0 Å². The van der Waals surface area contributed by atoms with Crippen molar-refractivity contribution in [1.29, 1.82) is 0 Å². The highest BCUT2D eigenvalue weighted by Gasteiger charge is 2.12. The minimum atomic E-state index is 0.0978. The molecule has 0 aliphatic rings. The number of benzene rings is 2. The van der Waals surface area contributed by atoms with E-state index in [-0.39, 0.29) is 11.8 Å². The fourth-order valence-corrected chi connectivity index (χ4v) is 3.39. The zero-order valence-corrected chi connectivity index (χ0v) is 13.8. The Hall–Kier alpha value is -3.74. The Morgan fingerprint density at radius 2 is 1.73 bits per heavy atom. The van der Waals surface area contributed by atoms with Gasteiger partial charge in [0.15, 0.2) is 17.0 Å². The summed E-state index contributed by atoms with van der Waals surface area (Å²) in [5, 5.41) is 2.40. The molecule has 0 radical (unpaired) electrons. The van der Waals surface area contributed by atoms with Gasteiger partial charge in [0.2, 0.25) is 5.95 Å². The van der Waals surface area contributed by atoms with Crippen molar-refractivity contribution in [1.82, 2.24) is 24.9 Å². The summed E-state index contributed by atoms with van der Waals surface area (Å²) in [5.41, 5.74) is 16.6. The number of para-hydroxylation sites is 1. The third-order valence-electron chi connectivity index (χ3n) is 4.49. The van der Waals surface area contributed by atoms with E-state index in [2.05, 4.69) is 49.2 Å². The van der Waals surface area contributed by atoms with Crippen molar-refractivity contribution in [3.8, 4) is 0 Å². The molecule has 0 aliphatic carbocycles. The molecular formula is C19H15N7. The van der Waals surface area contributed by atoms with Crippen LogP contribution in [0.3, 0.4) is 0 Å². The van der Waals surface area contributed by atoms with Crippen LogP contribution in [-0.2, 0) is 6.42 Å². The van der Waals surface area contributed by atoms with Crippen LogP contribution in [0.1, 0.15) is 11.3 Å². The number of aromatic amines is 1. The van der Waals surface area contributed by atoms with Crippen LogP contribution in [0.5, 0.6) is 0 Å². The summed E-state index contributed by atoms with van der Waals surface area (Å²) in [6.07, 6.45) is 2.34. The summed E-state index contributed by atoms with van der Waals surface area (Å²) in [4.78, 5) is 20.5. The van der Waals surface area contributed by atoms with Crippen molar-refractivity contribution in [3.63, 3.8) is 0 Å². The molecule has 0 aliphatic heterocycles. The van der Waals surface area contributed by atoms with Crippen molar-refractivity contribution >= 4 is 44.7 Å². The van der Waals surface area contributed by atoms with Gasteiger partial charge in [-0.1, -0.05) is 30.3 Å². The Morgan fingerprint density at radius 3 is 2.65 bits per heavy atom.